The SMILES string of the molecule is Nc1ccc(F)c(-c2ccc(N)nc2)c1. The highest BCUT2D eigenvalue weighted by Crippen LogP contribution is 2.24. The van der Waals surface area contributed by atoms with E-state index in [0.29, 0.717) is 22.6 Å². The normalized spacial score (nSPS) is 10.2. The van der Waals surface area contributed by atoms with Crippen molar-refractivity contribution in [2.45, 2.75) is 0 Å². The number of pyridine rings is 1. The molecule has 2 aromatic rings. The average Bonchev–Trinajstić information content (AvgIpc) is 2.23. The zero-order chi connectivity index (χ0) is 10.8. The van der Waals surface area contributed by atoms with Crippen LogP contribution in [-0.4, -0.2) is 4.98 Å². The van der Waals surface area contributed by atoms with E-state index in [9.17, 15) is 4.39 Å². The predicted molar refractivity (Wildman–Crippen MR) is 58.5 cm³/mol. The van der Waals surface area contributed by atoms with Gasteiger partial charge in [0.15, 0.2) is 0 Å². The molecule has 0 aliphatic heterocycles. The van der Waals surface area contributed by atoms with Gasteiger partial charge in [0.2, 0.25) is 0 Å². The third-order valence-corrected chi connectivity index (χ3v) is 2.09. The fourth-order valence-corrected chi connectivity index (χ4v) is 1.33. The summed E-state index contributed by atoms with van der Waals surface area (Å²) < 4.78 is 13.4. The molecule has 1 aromatic carbocycles. The maximum atomic E-state index is 13.4. The summed E-state index contributed by atoms with van der Waals surface area (Å²) in [5.74, 6) is 0.0823. The van der Waals surface area contributed by atoms with Crippen molar-refractivity contribution in [1.82, 2.24) is 4.98 Å². The van der Waals surface area contributed by atoms with E-state index in [1.54, 1.807) is 18.2 Å². The van der Waals surface area contributed by atoms with E-state index >= 15 is 0 Å². The van der Waals surface area contributed by atoms with Gasteiger partial charge in [0.05, 0.1) is 0 Å². The first-order valence-corrected chi connectivity index (χ1v) is 4.44. The van der Waals surface area contributed by atoms with E-state index in [-0.39, 0.29) is 5.82 Å². The molecule has 0 radical (unpaired) electrons. The van der Waals surface area contributed by atoms with Crippen molar-refractivity contribution in [3.05, 3.63) is 42.3 Å². The highest BCUT2D eigenvalue weighted by atomic mass is 19.1. The van der Waals surface area contributed by atoms with Crippen molar-refractivity contribution in [3.63, 3.8) is 0 Å². The predicted octanol–water partition coefficient (Wildman–Crippen LogP) is 2.05. The van der Waals surface area contributed by atoms with Gasteiger partial charge in [-0.05, 0) is 30.3 Å². The Hall–Kier alpha value is -2.10. The van der Waals surface area contributed by atoms with Crippen LogP contribution in [0.15, 0.2) is 36.5 Å². The van der Waals surface area contributed by atoms with Gasteiger partial charge in [0.25, 0.3) is 0 Å². The van der Waals surface area contributed by atoms with Crippen LogP contribution in [0.1, 0.15) is 0 Å². The van der Waals surface area contributed by atoms with Gasteiger partial charge < -0.3 is 11.5 Å². The standard InChI is InChI=1S/C11H10FN3/c12-10-3-2-8(13)5-9(10)7-1-4-11(14)15-6-7/h1-6H,13H2,(H2,14,15). The molecule has 0 spiro atoms. The molecule has 1 heterocycles. The zero-order valence-electron chi connectivity index (χ0n) is 7.94. The molecule has 76 valence electrons. The summed E-state index contributed by atoms with van der Waals surface area (Å²) in [5, 5.41) is 0. The molecule has 0 fully saturated rings. The molecule has 4 N–H and O–H groups in total. The van der Waals surface area contributed by atoms with Crippen LogP contribution < -0.4 is 11.5 Å². The molecule has 0 aliphatic rings. The molecule has 0 aliphatic carbocycles. The van der Waals surface area contributed by atoms with Gasteiger partial charge >= 0.3 is 0 Å². The number of nitrogens with zero attached hydrogens (tertiary/aromatic N) is 1. The van der Waals surface area contributed by atoms with Crippen molar-refractivity contribution in [2.24, 2.45) is 0 Å². The molecule has 0 bridgehead atoms. The molecule has 0 saturated carbocycles. The highest BCUT2D eigenvalue weighted by molar-refractivity contribution is 5.67. The first-order chi connectivity index (χ1) is 7.16. The van der Waals surface area contributed by atoms with Gasteiger partial charge in [-0.3, -0.25) is 0 Å². The number of halogens is 1. The summed E-state index contributed by atoms with van der Waals surface area (Å²) in [6.07, 6.45) is 1.52. The van der Waals surface area contributed by atoms with Crippen molar-refractivity contribution < 1.29 is 4.39 Å². The van der Waals surface area contributed by atoms with Gasteiger partial charge in [0, 0.05) is 23.0 Å². The van der Waals surface area contributed by atoms with Crippen molar-refractivity contribution in [2.75, 3.05) is 11.5 Å². The minimum atomic E-state index is -0.323. The number of hydrogen-bond donors (Lipinski definition) is 2. The van der Waals surface area contributed by atoms with Crippen LogP contribution in [0.25, 0.3) is 11.1 Å². The van der Waals surface area contributed by atoms with E-state index in [1.165, 1.54) is 18.3 Å². The summed E-state index contributed by atoms with van der Waals surface area (Å²) in [6, 6.07) is 7.76. The van der Waals surface area contributed by atoms with Crippen LogP contribution in [0.4, 0.5) is 15.9 Å². The van der Waals surface area contributed by atoms with Gasteiger partial charge in [0.1, 0.15) is 11.6 Å². The van der Waals surface area contributed by atoms with E-state index < -0.39 is 0 Å². The van der Waals surface area contributed by atoms with Crippen LogP contribution in [-0.2, 0) is 0 Å². The van der Waals surface area contributed by atoms with Gasteiger partial charge in [-0.15, -0.1) is 0 Å². The van der Waals surface area contributed by atoms with Crippen LogP contribution >= 0.6 is 0 Å². The lowest BCUT2D eigenvalue weighted by Gasteiger charge is -2.04. The fourth-order valence-electron chi connectivity index (χ4n) is 1.33. The number of hydrogen-bond acceptors (Lipinski definition) is 3. The topological polar surface area (TPSA) is 64.9 Å². The van der Waals surface area contributed by atoms with Crippen molar-refractivity contribution >= 4 is 11.5 Å². The minimum absolute atomic E-state index is 0.323. The molecule has 0 saturated heterocycles. The Morgan fingerprint density at radius 1 is 1.07 bits per heavy atom. The van der Waals surface area contributed by atoms with Crippen molar-refractivity contribution in [3.8, 4) is 11.1 Å². The monoisotopic (exact) mass is 203 g/mol. The number of rotatable bonds is 1. The molecular formula is C11H10FN3. The summed E-state index contributed by atoms with van der Waals surface area (Å²) in [4.78, 5) is 3.90. The summed E-state index contributed by atoms with van der Waals surface area (Å²) in [7, 11) is 0. The second-order valence-corrected chi connectivity index (χ2v) is 3.21. The smallest absolute Gasteiger partial charge is 0.131 e. The lowest BCUT2D eigenvalue weighted by Crippen LogP contribution is -1.92. The van der Waals surface area contributed by atoms with E-state index in [4.69, 9.17) is 11.5 Å². The lowest BCUT2D eigenvalue weighted by atomic mass is 10.1. The van der Waals surface area contributed by atoms with Gasteiger partial charge in [-0.2, -0.15) is 0 Å². The quantitative estimate of drug-likeness (QED) is 0.697. The summed E-state index contributed by atoms with van der Waals surface area (Å²) in [5.41, 5.74) is 12.6. The molecule has 2 rings (SSSR count). The van der Waals surface area contributed by atoms with Crippen LogP contribution in [0, 0.1) is 5.82 Å². The van der Waals surface area contributed by atoms with E-state index in [1.807, 2.05) is 0 Å². The fraction of sp³-hybridized carbons (Fsp3) is 0. The number of nitrogens with two attached hydrogens (primary N) is 2. The summed E-state index contributed by atoms with van der Waals surface area (Å²) in [6.45, 7) is 0. The molecule has 1 aromatic heterocycles. The second kappa shape index (κ2) is 3.57. The Morgan fingerprint density at radius 3 is 2.53 bits per heavy atom. The first-order valence-electron chi connectivity index (χ1n) is 4.44. The van der Waals surface area contributed by atoms with Gasteiger partial charge in [-0.1, -0.05) is 0 Å². The minimum Gasteiger partial charge on any atom is -0.399 e. The van der Waals surface area contributed by atoms with Crippen LogP contribution in [0.2, 0.25) is 0 Å². The zero-order valence-corrected chi connectivity index (χ0v) is 7.94. The highest BCUT2D eigenvalue weighted by Gasteiger charge is 2.05. The Bertz CT molecular complexity index is 480. The summed E-state index contributed by atoms with van der Waals surface area (Å²) >= 11 is 0. The molecule has 4 heteroatoms. The Labute approximate surface area is 86.6 Å². The molecule has 3 nitrogen and oxygen atoms in total. The maximum Gasteiger partial charge on any atom is 0.131 e. The number of nitrogen functional groups attached to an aromatic ring is 2. The van der Waals surface area contributed by atoms with Crippen LogP contribution in [0.3, 0.4) is 0 Å². The number of aromatic nitrogens is 1. The number of anilines is 2. The molecule has 0 unspecified atom stereocenters. The number of benzene rings is 1. The molecule has 15 heavy (non-hydrogen) atoms. The molecule has 0 amide bonds. The Morgan fingerprint density at radius 2 is 1.87 bits per heavy atom. The van der Waals surface area contributed by atoms with Crippen LogP contribution in [0.5, 0.6) is 0 Å². The van der Waals surface area contributed by atoms with E-state index in [2.05, 4.69) is 4.98 Å². The second-order valence-electron chi connectivity index (χ2n) is 3.21. The largest absolute Gasteiger partial charge is 0.399 e. The Kier molecular flexibility index (Phi) is 2.25. The Balaban J connectivity index is 2.53. The third-order valence-electron chi connectivity index (χ3n) is 2.09. The maximum absolute atomic E-state index is 13.4. The molecular weight excluding hydrogens is 193 g/mol. The van der Waals surface area contributed by atoms with Gasteiger partial charge in [-0.25, -0.2) is 9.37 Å². The average molecular weight is 203 g/mol. The lowest BCUT2D eigenvalue weighted by molar-refractivity contribution is 0.631. The van der Waals surface area contributed by atoms with E-state index in [0.717, 1.165) is 0 Å². The van der Waals surface area contributed by atoms with Crippen molar-refractivity contribution in [1.29, 1.82) is 0 Å². The molecule has 0 atom stereocenters. The third kappa shape index (κ3) is 1.88. The first kappa shape index (κ1) is 9.45.